The molecule has 0 spiro atoms. The number of nitro benzene ring substituents is 1. The molecule has 27 heavy (non-hydrogen) atoms. The van der Waals surface area contributed by atoms with Crippen molar-refractivity contribution in [2.75, 3.05) is 6.61 Å². The molecule has 0 fully saturated rings. The van der Waals surface area contributed by atoms with Gasteiger partial charge in [0.15, 0.2) is 18.5 Å². The number of nitrogens with zero attached hydrogens (tertiary/aromatic N) is 1. The molecule has 6 heteroatoms. The number of nitro groups is 1. The molecule has 0 heterocycles. The van der Waals surface area contributed by atoms with Crippen molar-refractivity contribution in [1.29, 1.82) is 0 Å². The van der Waals surface area contributed by atoms with E-state index in [1.807, 2.05) is 60.7 Å². The van der Waals surface area contributed by atoms with Gasteiger partial charge in [-0.2, -0.15) is 0 Å². The molecule has 0 aliphatic heterocycles. The molecule has 0 saturated heterocycles. The van der Waals surface area contributed by atoms with Gasteiger partial charge in [-0.05, 0) is 17.2 Å². The van der Waals surface area contributed by atoms with Crippen molar-refractivity contribution in [1.82, 2.24) is 0 Å². The van der Waals surface area contributed by atoms with Gasteiger partial charge in [0.2, 0.25) is 0 Å². The van der Waals surface area contributed by atoms with Crippen molar-refractivity contribution >= 4 is 11.7 Å². The molecule has 136 valence electrons. The summed E-state index contributed by atoms with van der Waals surface area (Å²) >= 11 is 0. The van der Waals surface area contributed by atoms with Crippen LogP contribution in [0.5, 0.6) is 5.75 Å². The number of ether oxygens (including phenoxy) is 2. The van der Waals surface area contributed by atoms with Crippen LogP contribution in [0.4, 0.5) is 5.69 Å². The molecule has 6 nitrogen and oxygen atoms in total. The first-order valence-electron chi connectivity index (χ1n) is 8.31. The fourth-order valence-electron chi connectivity index (χ4n) is 2.62. The largest absolute Gasteiger partial charge is 0.475 e. The second-order valence-electron chi connectivity index (χ2n) is 5.70. The summed E-state index contributed by atoms with van der Waals surface area (Å²) in [6.07, 6.45) is -0.589. The highest BCUT2D eigenvalue weighted by molar-refractivity contribution is 5.72. The van der Waals surface area contributed by atoms with Crippen LogP contribution >= 0.6 is 0 Å². The molecular weight excluding hydrogens is 346 g/mol. The first kappa shape index (κ1) is 18.1. The van der Waals surface area contributed by atoms with Crippen LogP contribution in [0.15, 0.2) is 84.9 Å². The maximum atomic E-state index is 12.3. The molecule has 0 saturated carbocycles. The van der Waals surface area contributed by atoms with E-state index in [9.17, 15) is 14.9 Å². The minimum atomic E-state index is -0.620. The third-order valence-corrected chi connectivity index (χ3v) is 3.86. The van der Waals surface area contributed by atoms with E-state index in [-0.39, 0.29) is 11.4 Å². The molecule has 3 aromatic carbocycles. The number of para-hydroxylation sites is 2. The highest BCUT2D eigenvalue weighted by atomic mass is 16.6. The molecule has 0 atom stereocenters. The van der Waals surface area contributed by atoms with Crippen LogP contribution in [-0.4, -0.2) is 17.5 Å². The topological polar surface area (TPSA) is 78.7 Å². The summed E-state index contributed by atoms with van der Waals surface area (Å²) in [6, 6.07) is 24.6. The summed E-state index contributed by atoms with van der Waals surface area (Å²) in [4.78, 5) is 22.8. The minimum Gasteiger partial charge on any atom is -0.475 e. The Morgan fingerprint density at radius 1 is 0.852 bits per heavy atom. The molecule has 0 bridgehead atoms. The average Bonchev–Trinajstić information content (AvgIpc) is 2.72. The Labute approximate surface area is 156 Å². The molecule has 0 unspecified atom stereocenters. The second-order valence-corrected chi connectivity index (χ2v) is 5.70. The van der Waals surface area contributed by atoms with Gasteiger partial charge in [-0.15, -0.1) is 0 Å². The van der Waals surface area contributed by atoms with Crippen molar-refractivity contribution < 1.29 is 19.2 Å². The van der Waals surface area contributed by atoms with Crippen LogP contribution in [0.25, 0.3) is 0 Å². The molecule has 0 aliphatic carbocycles. The van der Waals surface area contributed by atoms with E-state index in [1.165, 1.54) is 18.2 Å². The summed E-state index contributed by atoms with van der Waals surface area (Å²) in [7, 11) is 0. The normalized spacial score (nSPS) is 10.4. The van der Waals surface area contributed by atoms with Gasteiger partial charge in [0.25, 0.3) is 0 Å². The maximum Gasteiger partial charge on any atom is 0.345 e. The van der Waals surface area contributed by atoms with Gasteiger partial charge in [0.05, 0.1) is 4.92 Å². The maximum absolute atomic E-state index is 12.3. The lowest BCUT2D eigenvalue weighted by atomic mass is 10.0. The number of carbonyl (C=O) groups is 1. The van der Waals surface area contributed by atoms with Crippen molar-refractivity contribution in [3.05, 3.63) is 106 Å². The standard InChI is InChI=1S/C21H17NO5/c23-20(15-26-19-14-8-7-13-18(19)22(24)25)27-21(16-9-3-1-4-10-16)17-11-5-2-6-12-17/h1-14,21H,15H2. The van der Waals surface area contributed by atoms with Gasteiger partial charge >= 0.3 is 11.7 Å². The average molecular weight is 363 g/mol. The van der Waals surface area contributed by atoms with Gasteiger partial charge in [0.1, 0.15) is 0 Å². The van der Waals surface area contributed by atoms with Gasteiger partial charge in [-0.1, -0.05) is 72.8 Å². The fourth-order valence-corrected chi connectivity index (χ4v) is 2.62. The minimum absolute atomic E-state index is 0.0235. The lowest BCUT2D eigenvalue weighted by Gasteiger charge is -2.19. The highest BCUT2D eigenvalue weighted by Crippen LogP contribution is 2.28. The third kappa shape index (κ3) is 4.70. The third-order valence-electron chi connectivity index (χ3n) is 3.86. The molecule has 0 aromatic heterocycles. The first-order valence-corrected chi connectivity index (χ1v) is 8.31. The van der Waals surface area contributed by atoms with E-state index < -0.39 is 23.6 Å². The summed E-state index contributed by atoms with van der Waals surface area (Å²) < 4.78 is 10.9. The van der Waals surface area contributed by atoms with Gasteiger partial charge in [-0.25, -0.2) is 4.79 Å². The Hall–Kier alpha value is -3.67. The van der Waals surface area contributed by atoms with E-state index in [4.69, 9.17) is 9.47 Å². The van der Waals surface area contributed by atoms with Gasteiger partial charge < -0.3 is 9.47 Å². The summed E-state index contributed by atoms with van der Waals surface area (Å²) in [5, 5.41) is 11.0. The van der Waals surface area contributed by atoms with Crippen LogP contribution in [0, 0.1) is 10.1 Å². The van der Waals surface area contributed by atoms with Crippen LogP contribution in [0.2, 0.25) is 0 Å². The van der Waals surface area contributed by atoms with E-state index in [0.717, 1.165) is 11.1 Å². The Morgan fingerprint density at radius 2 is 1.37 bits per heavy atom. The smallest absolute Gasteiger partial charge is 0.345 e. The van der Waals surface area contributed by atoms with Crippen LogP contribution in [0.1, 0.15) is 17.2 Å². The monoisotopic (exact) mass is 363 g/mol. The van der Waals surface area contributed by atoms with E-state index in [2.05, 4.69) is 0 Å². The Balaban J connectivity index is 1.73. The van der Waals surface area contributed by atoms with Crippen LogP contribution < -0.4 is 4.74 Å². The van der Waals surface area contributed by atoms with E-state index in [1.54, 1.807) is 6.07 Å². The lowest BCUT2D eigenvalue weighted by molar-refractivity contribution is -0.385. The van der Waals surface area contributed by atoms with Gasteiger partial charge in [0, 0.05) is 6.07 Å². The van der Waals surface area contributed by atoms with Crippen molar-refractivity contribution in [2.24, 2.45) is 0 Å². The summed E-state index contributed by atoms with van der Waals surface area (Å²) in [5.41, 5.74) is 1.44. The predicted molar refractivity (Wildman–Crippen MR) is 99.4 cm³/mol. The first-order chi connectivity index (χ1) is 13.1. The SMILES string of the molecule is O=C(COc1ccccc1[N+](=O)[O-])OC(c1ccccc1)c1ccccc1. The number of hydrogen-bond acceptors (Lipinski definition) is 5. The molecule has 0 N–H and O–H groups in total. The highest BCUT2D eigenvalue weighted by Gasteiger charge is 2.20. The Kier molecular flexibility index (Phi) is 5.79. The number of hydrogen-bond donors (Lipinski definition) is 0. The van der Waals surface area contributed by atoms with Crippen molar-refractivity contribution in [3.63, 3.8) is 0 Å². The molecule has 0 radical (unpaired) electrons. The second kappa shape index (κ2) is 8.62. The quantitative estimate of drug-likeness (QED) is 0.355. The number of benzene rings is 3. The molecule has 0 amide bonds. The summed E-state index contributed by atoms with van der Waals surface area (Å²) in [5.74, 6) is -0.596. The zero-order valence-corrected chi connectivity index (χ0v) is 14.4. The van der Waals surface area contributed by atoms with Gasteiger partial charge in [-0.3, -0.25) is 10.1 Å². The molecular formula is C21H17NO5. The zero-order valence-electron chi connectivity index (χ0n) is 14.4. The zero-order chi connectivity index (χ0) is 19.1. The van der Waals surface area contributed by atoms with Crippen molar-refractivity contribution in [2.45, 2.75) is 6.10 Å². The lowest BCUT2D eigenvalue weighted by Crippen LogP contribution is -2.19. The van der Waals surface area contributed by atoms with Crippen molar-refractivity contribution in [3.8, 4) is 5.75 Å². The Bertz CT molecular complexity index is 873. The van der Waals surface area contributed by atoms with Crippen LogP contribution in [0.3, 0.4) is 0 Å². The molecule has 0 aliphatic rings. The molecule has 3 rings (SSSR count). The number of rotatable bonds is 7. The molecule has 3 aromatic rings. The fraction of sp³-hybridized carbons (Fsp3) is 0.0952. The number of esters is 1. The number of carbonyl (C=O) groups excluding carboxylic acids is 1. The predicted octanol–water partition coefficient (Wildman–Crippen LogP) is 4.31. The Morgan fingerprint density at radius 3 is 1.93 bits per heavy atom. The van der Waals surface area contributed by atoms with E-state index >= 15 is 0 Å². The van der Waals surface area contributed by atoms with Crippen LogP contribution in [-0.2, 0) is 9.53 Å². The summed E-state index contributed by atoms with van der Waals surface area (Å²) in [6.45, 7) is -0.430. The van der Waals surface area contributed by atoms with E-state index in [0.29, 0.717) is 0 Å².